The van der Waals surface area contributed by atoms with E-state index in [4.69, 9.17) is 0 Å². The van der Waals surface area contributed by atoms with Crippen LogP contribution in [0.3, 0.4) is 0 Å². The van der Waals surface area contributed by atoms with Gasteiger partial charge in [0.15, 0.2) is 0 Å². The third kappa shape index (κ3) is 5.56. The lowest BCUT2D eigenvalue weighted by molar-refractivity contribution is 0.0333. The summed E-state index contributed by atoms with van der Waals surface area (Å²) in [5, 5.41) is 20.4. The molecule has 8 atom stereocenters. The number of aliphatic hydroxyl groups excluding tert-OH is 2. The molecular weight excluding hydrogens is 420 g/mol. The Morgan fingerprint density at radius 3 is 2.67 bits per heavy atom. The number of fused-ring (bicyclic) bond motifs is 1. The lowest BCUT2D eigenvalue weighted by atomic mass is 9.61. The normalized spacial score (nSPS) is 43.5. The van der Waals surface area contributed by atoms with Gasteiger partial charge in [-0.15, -0.1) is 0 Å². The van der Waals surface area contributed by atoms with Crippen molar-refractivity contribution in [1.82, 2.24) is 4.90 Å². The minimum absolute atomic E-state index is 0.0600. The molecule has 0 radical (unpaired) electrons. The Bertz CT molecular complexity index is 737. The van der Waals surface area contributed by atoms with Crippen LogP contribution in [0.5, 0.6) is 0 Å². The van der Waals surface area contributed by atoms with Crippen LogP contribution in [0.1, 0.15) is 78.6 Å². The van der Waals surface area contributed by atoms with Gasteiger partial charge in [0.1, 0.15) is 0 Å². The van der Waals surface area contributed by atoms with E-state index in [1.807, 2.05) is 0 Å². The summed E-state index contributed by atoms with van der Waals surface area (Å²) in [5.41, 5.74) is 3.06. The summed E-state index contributed by atoms with van der Waals surface area (Å²) < 4.78 is 25.6. The third-order valence-electron chi connectivity index (χ3n) is 9.81. The summed E-state index contributed by atoms with van der Waals surface area (Å²) in [7, 11) is 0. The molecule has 3 unspecified atom stereocenters. The van der Waals surface area contributed by atoms with Gasteiger partial charge in [-0.25, -0.2) is 8.78 Å². The van der Waals surface area contributed by atoms with Gasteiger partial charge in [-0.3, -0.25) is 0 Å². The van der Waals surface area contributed by atoms with E-state index in [0.29, 0.717) is 36.0 Å². The predicted molar refractivity (Wildman–Crippen MR) is 129 cm³/mol. The molecule has 33 heavy (non-hydrogen) atoms. The zero-order valence-corrected chi connectivity index (χ0v) is 20.9. The van der Waals surface area contributed by atoms with Crippen molar-refractivity contribution >= 4 is 0 Å². The second-order valence-corrected chi connectivity index (χ2v) is 12.0. The average Bonchev–Trinajstić information content (AvgIpc) is 3.32. The SMILES string of the molecule is CC1/C(=C\C=C2/CCC[C@]3(C)[C@@H]([C@H](C)CN4CC[C@H](CC(F)F)C4)CC[C@@H]23)CC(O)CC1O. The van der Waals surface area contributed by atoms with Gasteiger partial charge in [-0.05, 0) is 80.6 Å². The number of aliphatic hydroxyl groups is 2. The maximum absolute atomic E-state index is 12.8. The van der Waals surface area contributed by atoms with Crippen molar-refractivity contribution < 1.29 is 19.0 Å². The van der Waals surface area contributed by atoms with Gasteiger partial charge in [0.25, 0.3) is 0 Å². The van der Waals surface area contributed by atoms with Crippen molar-refractivity contribution in [2.24, 2.45) is 35.0 Å². The Kier molecular flexibility index (Phi) is 8.02. The maximum Gasteiger partial charge on any atom is 0.238 e. The topological polar surface area (TPSA) is 43.7 Å². The van der Waals surface area contributed by atoms with Crippen molar-refractivity contribution in [3.05, 3.63) is 23.3 Å². The highest BCUT2D eigenvalue weighted by atomic mass is 19.3. The van der Waals surface area contributed by atoms with Crippen molar-refractivity contribution in [3.63, 3.8) is 0 Å². The van der Waals surface area contributed by atoms with E-state index < -0.39 is 18.6 Å². The van der Waals surface area contributed by atoms with Crippen molar-refractivity contribution in [2.45, 2.75) is 97.2 Å². The van der Waals surface area contributed by atoms with E-state index in [-0.39, 0.29) is 18.3 Å². The molecule has 3 saturated carbocycles. The molecule has 4 rings (SSSR count). The summed E-state index contributed by atoms with van der Waals surface area (Å²) >= 11 is 0. The first-order chi connectivity index (χ1) is 15.7. The van der Waals surface area contributed by atoms with Crippen LogP contribution >= 0.6 is 0 Å². The van der Waals surface area contributed by atoms with Crippen LogP contribution < -0.4 is 0 Å². The van der Waals surface area contributed by atoms with Gasteiger partial charge in [0.05, 0.1) is 12.2 Å². The standard InChI is InChI=1S/C28H45F2NO2/c1-18(16-31-12-10-20(17-31)13-27(29)30)24-8-9-25-21(5-4-11-28(24,25)3)6-7-22-14-23(32)15-26(33)19(22)2/h6-7,18-20,23-27,32-33H,4-5,8-17H2,1-3H3/b21-6+,22-7-/t18-,19?,20-,23?,24-,25+,26?,28-/m1/s1. The monoisotopic (exact) mass is 465 g/mol. The molecule has 3 aliphatic carbocycles. The number of alkyl halides is 2. The minimum Gasteiger partial charge on any atom is -0.393 e. The van der Waals surface area contributed by atoms with Crippen molar-refractivity contribution in [1.29, 1.82) is 0 Å². The van der Waals surface area contributed by atoms with Crippen LogP contribution in [0, 0.1) is 35.0 Å². The molecule has 4 fully saturated rings. The minimum atomic E-state index is -2.17. The molecule has 1 aliphatic heterocycles. The fourth-order valence-electron chi connectivity index (χ4n) is 7.98. The number of allylic oxidation sites excluding steroid dienone is 3. The Morgan fingerprint density at radius 2 is 1.91 bits per heavy atom. The molecule has 1 heterocycles. The van der Waals surface area contributed by atoms with E-state index >= 15 is 0 Å². The summed E-state index contributed by atoms with van der Waals surface area (Å²) in [6.45, 7) is 9.84. The molecule has 0 aromatic heterocycles. The summed E-state index contributed by atoms with van der Waals surface area (Å²) in [6.07, 6.45) is 9.80. The molecule has 0 aromatic rings. The molecular formula is C28H45F2NO2. The van der Waals surface area contributed by atoms with Crippen LogP contribution in [-0.4, -0.2) is 53.4 Å². The quantitative estimate of drug-likeness (QED) is 0.519. The van der Waals surface area contributed by atoms with Crippen LogP contribution in [0.4, 0.5) is 8.78 Å². The van der Waals surface area contributed by atoms with Gasteiger partial charge in [0, 0.05) is 31.8 Å². The Balaban J connectivity index is 1.41. The van der Waals surface area contributed by atoms with Gasteiger partial charge in [-0.1, -0.05) is 44.1 Å². The summed E-state index contributed by atoms with van der Waals surface area (Å²) in [6, 6.07) is 0. The number of nitrogens with zero attached hydrogens (tertiary/aromatic N) is 1. The fourth-order valence-corrected chi connectivity index (χ4v) is 7.98. The van der Waals surface area contributed by atoms with Gasteiger partial charge >= 0.3 is 0 Å². The number of likely N-dealkylation sites (tertiary alicyclic amines) is 1. The highest BCUT2D eigenvalue weighted by molar-refractivity contribution is 5.27. The highest BCUT2D eigenvalue weighted by Crippen LogP contribution is 2.59. The lowest BCUT2D eigenvalue weighted by Crippen LogP contribution is -2.39. The number of rotatable bonds is 6. The molecule has 0 amide bonds. The van der Waals surface area contributed by atoms with Crippen molar-refractivity contribution in [3.8, 4) is 0 Å². The van der Waals surface area contributed by atoms with E-state index in [0.717, 1.165) is 32.5 Å². The molecule has 3 nitrogen and oxygen atoms in total. The smallest absolute Gasteiger partial charge is 0.238 e. The van der Waals surface area contributed by atoms with Crippen LogP contribution in [-0.2, 0) is 0 Å². The predicted octanol–water partition coefficient (Wildman–Crippen LogP) is 5.82. The third-order valence-corrected chi connectivity index (χ3v) is 9.81. The highest BCUT2D eigenvalue weighted by Gasteiger charge is 2.50. The molecule has 0 spiro atoms. The van der Waals surface area contributed by atoms with Crippen LogP contribution in [0.25, 0.3) is 0 Å². The first kappa shape index (κ1) is 25.3. The molecule has 188 valence electrons. The molecule has 2 N–H and O–H groups in total. The average molecular weight is 466 g/mol. The molecule has 4 aliphatic rings. The first-order valence-electron chi connectivity index (χ1n) is 13.4. The largest absolute Gasteiger partial charge is 0.393 e. The zero-order chi connectivity index (χ0) is 23.8. The van der Waals surface area contributed by atoms with Gasteiger partial charge < -0.3 is 15.1 Å². The fraction of sp³-hybridized carbons (Fsp3) is 0.857. The van der Waals surface area contributed by atoms with Gasteiger partial charge in [-0.2, -0.15) is 0 Å². The van der Waals surface area contributed by atoms with E-state index in [9.17, 15) is 19.0 Å². The first-order valence-corrected chi connectivity index (χ1v) is 13.4. The Morgan fingerprint density at radius 1 is 1.15 bits per heavy atom. The second kappa shape index (κ2) is 10.5. The summed E-state index contributed by atoms with van der Waals surface area (Å²) in [4.78, 5) is 2.44. The summed E-state index contributed by atoms with van der Waals surface area (Å²) in [5.74, 6) is 2.18. The molecule has 5 heteroatoms. The number of hydrogen-bond donors (Lipinski definition) is 2. The van der Waals surface area contributed by atoms with Crippen LogP contribution in [0.15, 0.2) is 23.3 Å². The van der Waals surface area contributed by atoms with Gasteiger partial charge in [0.2, 0.25) is 6.43 Å². The van der Waals surface area contributed by atoms with E-state index in [1.165, 1.54) is 31.3 Å². The lowest BCUT2D eigenvalue weighted by Gasteiger charge is -2.45. The number of hydrogen-bond acceptors (Lipinski definition) is 3. The molecule has 0 aromatic carbocycles. The molecule has 1 saturated heterocycles. The number of halogens is 2. The van der Waals surface area contributed by atoms with E-state index in [1.54, 1.807) is 5.57 Å². The van der Waals surface area contributed by atoms with E-state index in [2.05, 4.69) is 37.8 Å². The maximum atomic E-state index is 12.8. The second-order valence-electron chi connectivity index (χ2n) is 12.0. The zero-order valence-electron chi connectivity index (χ0n) is 20.9. The van der Waals surface area contributed by atoms with Crippen molar-refractivity contribution in [2.75, 3.05) is 19.6 Å². The molecule has 0 bridgehead atoms. The van der Waals surface area contributed by atoms with Crippen LogP contribution in [0.2, 0.25) is 0 Å². The Labute approximate surface area is 199 Å². The Hall–Kier alpha value is -0.780.